The van der Waals surface area contributed by atoms with Gasteiger partial charge in [0.05, 0.1) is 61.0 Å². The number of hydrogen-bond acceptors (Lipinski definition) is 13. The van der Waals surface area contributed by atoms with Gasteiger partial charge in [0.2, 0.25) is 0 Å². The van der Waals surface area contributed by atoms with E-state index in [4.69, 9.17) is 13.3 Å². The fourth-order valence-corrected chi connectivity index (χ4v) is 12.5. The van der Waals surface area contributed by atoms with Crippen LogP contribution in [-0.2, 0) is 13.3 Å². The SMILES string of the molecule is C[CH]C[Si](OCC)(OCCC(O)CCC(O)CCC(O)CCC(O)CCC(O)CCCCCCCCCCCCC)OCCC(O)CCC(O)CCC(O)CCC(O)CCC(O)CCCCCCCCCCCCC. The fraction of sp³-hybridized carbons (Fsp3) is 0.984. The van der Waals surface area contributed by atoms with Crippen molar-refractivity contribution in [1.82, 2.24) is 0 Å². The van der Waals surface area contributed by atoms with Crippen LogP contribution in [0.2, 0.25) is 6.04 Å². The van der Waals surface area contributed by atoms with Crippen LogP contribution in [0.5, 0.6) is 0 Å². The molecule has 0 saturated heterocycles. The van der Waals surface area contributed by atoms with Crippen molar-refractivity contribution in [2.75, 3.05) is 19.8 Å². The van der Waals surface area contributed by atoms with Crippen LogP contribution in [0, 0.1) is 6.42 Å². The first-order valence-corrected chi connectivity index (χ1v) is 33.6. The summed E-state index contributed by atoms with van der Waals surface area (Å²) >= 11 is 0. The third-order valence-corrected chi connectivity index (χ3v) is 18.2. The molecule has 13 nitrogen and oxygen atoms in total. The molecule has 0 heterocycles. The molecule has 0 saturated carbocycles. The lowest BCUT2D eigenvalue weighted by Crippen LogP contribution is -2.47. The van der Waals surface area contributed by atoms with Crippen LogP contribution in [0.4, 0.5) is 0 Å². The summed E-state index contributed by atoms with van der Waals surface area (Å²) in [5.74, 6) is 0. The highest BCUT2D eigenvalue weighted by atomic mass is 28.4. The van der Waals surface area contributed by atoms with Crippen LogP contribution in [0.1, 0.15) is 297 Å². The summed E-state index contributed by atoms with van der Waals surface area (Å²) in [5, 5.41) is 105. The van der Waals surface area contributed by atoms with Crippen LogP contribution in [0.15, 0.2) is 0 Å². The lowest BCUT2D eigenvalue weighted by Gasteiger charge is -2.30. The Labute approximate surface area is 462 Å². The minimum absolute atomic E-state index is 0.205. The molecule has 451 valence electrons. The summed E-state index contributed by atoms with van der Waals surface area (Å²) < 4.78 is 18.5. The first-order valence-electron chi connectivity index (χ1n) is 31.7. The lowest BCUT2D eigenvalue weighted by atomic mass is 9.98. The standard InChI is InChI=1S/C61H125O13Si/c1-5-9-11-13-15-17-19-21-23-25-27-29-52(62)31-33-54(64)35-37-56(66)39-41-58(68)43-45-60(70)47-49-73-75(51-7-3,72-8-4)74-50-48-61(71)46-44-59(69)42-40-57(67)38-36-55(65)34-32-53(63)30-28-26-24-22-20-18-16-14-12-10-6-2/h7,52-71H,5-6,8-51H2,1-4H3. The van der Waals surface area contributed by atoms with E-state index in [-0.39, 0.29) is 13.2 Å². The van der Waals surface area contributed by atoms with Crippen molar-refractivity contribution in [3.05, 3.63) is 6.42 Å². The molecule has 0 rings (SSSR count). The highest BCUT2D eigenvalue weighted by Gasteiger charge is 2.40. The molecule has 75 heavy (non-hydrogen) atoms. The molecule has 0 spiro atoms. The van der Waals surface area contributed by atoms with Crippen LogP contribution in [-0.4, -0.2) is 141 Å². The second kappa shape index (κ2) is 53.0. The predicted octanol–water partition coefficient (Wildman–Crippen LogP) is 12.3. The van der Waals surface area contributed by atoms with Gasteiger partial charge in [0.1, 0.15) is 0 Å². The van der Waals surface area contributed by atoms with E-state index < -0.39 is 69.8 Å². The van der Waals surface area contributed by atoms with Gasteiger partial charge in [-0.1, -0.05) is 162 Å². The van der Waals surface area contributed by atoms with Crippen molar-refractivity contribution in [2.45, 2.75) is 364 Å². The van der Waals surface area contributed by atoms with Crippen LogP contribution in [0.3, 0.4) is 0 Å². The van der Waals surface area contributed by atoms with E-state index >= 15 is 0 Å². The Morgan fingerprint density at radius 2 is 0.467 bits per heavy atom. The van der Waals surface area contributed by atoms with Crippen LogP contribution in [0.25, 0.3) is 0 Å². The number of rotatable bonds is 60. The maximum atomic E-state index is 10.7. The van der Waals surface area contributed by atoms with Crippen LogP contribution >= 0.6 is 0 Å². The van der Waals surface area contributed by atoms with Crippen molar-refractivity contribution >= 4 is 8.80 Å². The van der Waals surface area contributed by atoms with Crippen molar-refractivity contribution in [3.63, 3.8) is 0 Å². The summed E-state index contributed by atoms with van der Waals surface area (Å²) in [6, 6.07) is 0.464. The molecule has 0 fully saturated rings. The zero-order valence-corrected chi connectivity index (χ0v) is 50.1. The zero-order chi connectivity index (χ0) is 55.6. The van der Waals surface area contributed by atoms with Gasteiger partial charge in [-0.25, -0.2) is 0 Å². The minimum Gasteiger partial charge on any atom is -0.393 e. The molecule has 1 radical (unpaired) electrons. The summed E-state index contributed by atoms with van der Waals surface area (Å²) in [6.07, 6.45) is 33.3. The molecule has 10 N–H and O–H groups in total. The monoisotopic (exact) mass is 1090 g/mol. The zero-order valence-electron chi connectivity index (χ0n) is 49.1. The highest BCUT2D eigenvalue weighted by molar-refractivity contribution is 6.61. The third kappa shape index (κ3) is 49.3. The average Bonchev–Trinajstić information content (AvgIpc) is 3.39. The van der Waals surface area contributed by atoms with Crippen molar-refractivity contribution < 1.29 is 64.3 Å². The van der Waals surface area contributed by atoms with E-state index in [0.717, 1.165) is 38.5 Å². The molecule has 10 atom stereocenters. The molecule has 0 aliphatic carbocycles. The maximum Gasteiger partial charge on any atom is 0.501 e. The van der Waals surface area contributed by atoms with E-state index in [1.165, 1.54) is 116 Å². The second-order valence-corrected chi connectivity index (χ2v) is 25.4. The van der Waals surface area contributed by atoms with Gasteiger partial charge < -0.3 is 64.3 Å². The smallest absolute Gasteiger partial charge is 0.393 e. The van der Waals surface area contributed by atoms with Gasteiger partial charge in [0.15, 0.2) is 0 Å². The Kier molecular flexibility index (Phi) is 52.8. The Morgan fingerprint density at radius 1 is 0.267 bits per heavy atom. The van der Waals surface area contributed by atoms with Gasteiger partial charge in [-0.05, 0) is 142 Å². The van der Waals surface area contributed by atoms with Crippen molar-refractivity contribution in [2.24, 2.45) is 0 Å². The Morgan fingerprint density at radius 3 is 0.680 bits per heavy atom. The van der Waals surface area contributed by atoms with E-state index in [1.54, 1.807) is 0 Å². The van der Waals surface area contributed by atoms with E-state index in [0.29, 0.717) is 128 Å². The summed E-state index contributed by atoms with van der Waals surface area (Å²) in [4.78, 5) is 0. The van der Waals surface area contributed by atoms with Crippen molar-refractivity contribution in [3.8, 4) is 0 Å². The van der Waals surface area contributed by atoms with E-state index in [1.807, 2.05) is 20.3 Å². The lowest BCUT2D eigenvalue weighted by molar-refractivity contribution is 0.0321. The number of aliphatic hydroxyl groups is 10. The molecule has 0 aromatic rings. The molecule has 0 aliphatic rings. The van der Waals surface area contributed by atoms with E-state index in [9.17, 15) is 51.1 Å². The number of hydrogen-bond donors (Lipinski definition) is 10. The Balaban J connectivity index is 4.21. The average molecular weight is 1090 g/mol. The Bertz CT molecular complexity index is 1070. The second-order valence-electron chi connectivity index (χ2n) is 22.8. The number of aliphatic hydroxyl groups excluding tert-OH is 10. The summed E-state index contributed by atoms with van der Waals surface area (Å²) in [7, 11) is -3.15. The molecular weight excluding hydrogens is 969 g/mol. The number of unbranched alkanes of at least 4 members (excludes halogenated alkanes) is 20. The summed E-state index contributed by atoms with van der Waals surface area (Å²) in [5.41, 5.74) is 0. The summed E-state index contributed by atoms with van der Waals surface area (Å²) in [6.45, 7) is 9.06. The largest absolute Gasteiger partial charge is 0.501 e. The van der Waals surface area contributed by atoms with Gasteiger partial charge >= 0.3 is 8.80 Å². The maximum absolute atomic E-state index is 10.7. The molecular formula is C61H125O13Si. The molecule has 0 aliphatic heterocycles. The van der Waals surface area contributed by atoms with Crippen LogP contribution < -0.4 is 0 Å². The van der Waals surface area contributed by atoms with Gasteiger partial charge in [-0.3, -0.25) is 0 Å². The topological polar surface area (TPSA) is 230 Å². The Hall–Kier alpha value is -0.303. The van der Waals surface area contributed by atoms with Gasteiger partial charge in [0, 0.05) is 25.9 Å². The first kappa shape index (κ1) is 74.7. The first-order chi connectivity index (χ1) is 36.2. The van der Waals surface area contributed by atoms with Gasteiger partial charge in [-0.15, -0.1) is 0 Å². The third-order valence-electron chi connectivity index (χ3n) is 15.3. The van der Waals surface area contributed by atoms with Gasteiger partial charge in [-0.2, -0.15) is 0 Å². The molecule has 0 bridgehead atoms. The minimum atomic E-state index is -3.15. The molecule has 0 aromatic carbocycles. The van der Waals surface area contributed by atoms with Gasteiger partial charge in [0.25, 0.3) is 0 Å². The molecule has 10 unspecified atom stereocenters. The predicted molar refractivity (Wildman–Crippen MR) is 309 cm³/mol. The van der Waals surface area contributed by atoms with Crippen molar-refractivity contribution in [1.29, 1.82) is 0 Å². The fourth-order valence-electron chi connectivity index (χ4n) is 10.1. The normalized spacial score (nSPS) is 17.0. The highest BCUT2D eigenvalue weighted by Crippen LogP contribution is 2.23. The molecule has 14 heteroatoms. The van der Waals surface area contributed by atoms with E-state index in [2.05, 4.69) is 13.8 Å². The molecule has 0 aromatic heterocycles. The quantitative estimate of drug-likeness (QED) is 0.0202. The molecule has 0 amide bonds.